The molecule has 1 aromatic rings. The lowest BCUT2D eigenvalue weighted by Crippen LogP contribution is -2.62. The molecule has 1 atom stereocenters. The van der Waals surface area contributed by atoms with Crippen LogP contribution in [0.25, 0.3) is 0 Å². The number of hydrogen-bond donors (Lipinski definition) is 1. The number of anilines is 1. The van der Waals surface area contributed by atoms with E-state index in [0.717, 1.165) is 17.4 Å². The molecular weight excluding hydrogens is 246 g/mol. The van der Waals surface area contributed by atoms with Crippen molar-refractivity contribution in [2.45, 2.75) is 11.1 Å². The van der Waals surface area contributed by atoms with Crippen molar-refractivity contribution in [2.75, 3.05) is 50.8 Å². The van der Waals surface area contributed by atoms with Crippen molar-refractivity contribution in [2.24, 2.45) is 0 Å². The van der Waals surface area contributed by atoms with Crippen molar-refractivity contribution in [3.05, 3.63) is 12.1 Å². The largest absolute Gasteiger partial charge is 0.367 e. The number of thioether (sulfide) groups is 1. The molecular formula is C12H19N5S. The normalized spacial score (nSPS) is 30.4. The van der Waals surface area contributed by atoms with E-state index in [9.17, 15) is 0 Å². The number of rotatable bonds is 4. The first-order chi connectivity index (χ1) is 8.85. The van der Waals surface area contributed by atoms with Crippen LogP contribution >= 0.6 is 11.8 Å². The molecule has 1 unspecified atom stereocenters. The van der Waals surface area contributed by atoms with Gasteiger partial charge >= 0.3 is 0 Å². The van der Waals surface area contributed by atoms with Crippen molar-refractivity contribution in [3.8, 4) is 0 Å². The lowest BCUT2D eigenvalue weighted by molar-refractivity contribution is 0.0189. The zero-order valence-electron chi connectivity index (χ0n) is 10.7. The summed E-state index contributed by atoms with van der Waals surface area (Å²) >= 11 is 1.62. The van der Waals surface area contributed by atoms with Gasteiger partial charge in [-0.25, -0.2) is 0 Å². The summed E-state index contributed by atoms with van der Waals surface area (Å²) < 4.78 is 0. The van der Waals surface area contributed by atoms with Gasteiger partial charge < -0.3 is 5.32 Å². The topological polar surface area (TPSA) is 44.3 Å². The summed E-state index contributed by atoms with van der Waals surface area (Å²) in [4.78, 5) is 5.13. The maximum absolute atomic E-state index is 4.18. The van der Waals surface area contributed by atoms with E-state index in [4.69, 9.17) is 0 Å². The van der Waals surface area contributed by atoms with Crippen LogP contribution in [-0.2, 0) is 0 Å². The molecule has 3 aliphatic rings. The van der Waals surface area contributed by atoms with E-state index in [1.165, 1.54) is 32.7 Å². The van der Waals surface area contributed by atoms with Crippen molar-refractivity contribution >= 4 is 17.6 Å². The Bertz CT molecular complexity index is 388. The first-order valence-electron chi connectivity index (χ1n) is 6.43. The number of nitrogens with one attached hydrogen (secondary N) is 1. The summed E-state index contributed by atoms with van der Waals surface area (Å²) in [5, 5.41) is 12.7. The number of fused-ring (bicyclic) bond motifs is 3. The highest BCUT2D eigenvalue weighted by atomic mass is 32.2. The van der Waals surface area contributed by atoms with E-state index < -0.39 is 0 Å². The van der Waals surface area contributed by atoms with Gasteiger partial charge in [0.25, 0.3) is 0 Å². The molecule has 0 amide bonds. The van der Waals surface area contributed by atoms with Crippen LogP contribution in [0.4, 0.5) is 5.82 Å². The molecule has 4 heterocycles. The summed E-state index contributed by atoms with van der Waals surface area (Å²) in [7, 11) is 0. The van der Waals surface area contributed by atoms with E-state index in [2.05, 4.69) is 25.3 Å². The standard InChI is InChI=1S/C12H19N5S/c1-18-12-3-2-11(14-15-12)13-8-10-9-16-4-6-17(10)7-5-16/h2-3,10H,4-9H2,1H3,(H,13,14). The van der Waals surface area contributed by atoms with Crippen LogP contribution in [0.2, 0.25) is 0 Å². The Morgan fingerprint density at radius 3 is 2.67 bits per heavy atom. The van der Waals surface area contributed by atoms with Gasteiger partial charge in [0, 0.05) is 45.3 Å². The van der Waals surface area contributed by atoms with E-state index >= 15 is 0 Å². The van der Waals surface area contributed by atoms with E-state index in [1.54, 1.807) is 11.8 Å². The fourth-order valence-corrected chi connectivity index (χ4v) is 2.99. The Balaban J connectivity index is 1.54. The van der Waals surface area contributed by atoms with Gasteiger partial charge in [-0.05, 0) is 18.4 Å². The zero-order valence-corrected chi connectivity index (χ0v) is 11.5. The average Bonchev–Trinajstić information content (AvgIpc) is 2.47. The molecule has 2 bridgehead atoms. The Kier molecular flexibility index (Phi) is 3.67. The summed E-state index contributed by atoms with van der Waals surface area (Å²) in [5.41, 5.74) is 0. The molecule has 0 aliphatic carbocycles. The molecule has 18 heavy (non-hydrogen) atoms. The van der Waals surface area contributed by atoms with Crippen LogP contribution in [0.1, 0.15) is 0 Å². The Hall–Kier alpha value is -0.850. The molecule has 1 N–H and O–H groups in total. The third-order valence-corrected chi connectivity index (χ3v) is 4.40. The van der Waals surface area contributed by atoms with E-state index in [0.29, 0.717) is 6.04 Å². The third kappa shape index (κ3) is 2.60. The third-order valence-electron chi connectivity index (χ3n) is 3.76. The zero-order chi connectivity index (χ0) is 12.4. The molecule has 3 saturated heterocycles. The van der Waals surface area contributed by atoms with Gasteiger partial charge in [0.2, 0.25) is 0 Å². The first kappa shape index (κ1) is 12.2. The fourth-order valence-electron chi connectivity index (χ4n) is 2.66. The van der Waals surface area contributed by atoms with Crippen LogP contribution in [0.3, 0.4) is 0 Å². The highest BCUT2D eigenvalue weighted by Gasteiger charge is 2.31. The van der Waals surface area contributed by atoms with Gasteiger partial charge in [-0.15, -0.1) is 22.0 Å². The number of hydrogen-bond acceptors (Lipinski definition) is 6. The Labute approximate surface area is 112 Å². The van der Waals surface area contributed by atoms with Gasteiger partial charge in [-0.2, -0.15) is 0 Å². The molecule has 98 valence electrons. The predicted octanol–water partition coefficient (Wildman–Crippen LogP) is 0.610. The molecule has 1 aromatic heterocycles. The molecule has 0 aromatic carbocycles. The number of piperazine rings is 3. The van der Waals surface area contributed by atoms with Crippen molar-refractivity contribution in [3.63, 3.8) is 0 Å². The lowest BCUT2D eigenvalue weighted by Gasteiger charge is -2.47. The second-order valence-electron chi connectivity index (χ2n) is 4.83. The minimum absolute atomic E-state index is 0.620. The van der Waals surface area contributed by atoms with Crippen LogP contribution < -0.4 is 5.32 Å². The molecule has 3 aliphatic heterocycles. The second-order valence-corrected chi connectivity index (χ2v) is 5.66. The Morgan fingerprint density at radius 2 is 2.11 bits per heavy atom. The molecule has 0 saturated carbocycles. The number of aromatic nitrogens is 2. The van der Waals surface area contributed by atoms with Crippen LogP contribution in [-0.4, -0.2) is 71.6 Å². The van der Waals surface area contributed by atoms with Gasteiger partial charge in [-0.1, -0.05) is 0 Å². The SMILES string of the molecule is CSc1ccc(NCC2CN3CCN2CC3)nn1. The average molecular weight is 265 g/mol. The molecule has 5 nitrogen and oxygen atoms in total. The van der Waals surface area contributed by atoms with Crippen molar-refractivity contribution in [1.82, 2.24) is 20.0 Å². The smallest absolute Gasteiger partial charge is 0.148 e. The van der Waals surface area contributed by atoms with Crippen molar-refractivity contribution in [1.29, 1.82) is 0 Å². The van der Waals surface area contributed by atoms with Crippen LogP contribution in [0.5, 0.6) is 0 Å². The first-order valence-corrected chi connectivity index (χ1v) is 7.65. The summed E-state index contributed by atoms with van der Waals surface area (Å²) in [6, 6.07) is 4.64. The highest BCUT2D eigenvalue weighted by molar-refractivity contribution is 7.98. The van der Waals surface area contributed by atoms with Gasteiger partial charge in [0.05, 0.1) is 0 Å². The summed E-state index contributed by atoms with van der Waals surface area (Å²) in [6.07, 6.45) is 2.01. The molecule has 0 spiro atoms. The minimum atomic E-state index is 0.620. The Morgan fingerprint density at radius 1 is 1.28 bits per heavy atom. The van der Waals surface area contributed by atoms with Crippen molar-refractivity contribution < 1.29 is 0 Å². The lowest BCUT2D eigenvalue weighted by atomic mass is 10.1. The monoisotopic (exact) mass is 265 g/mol. The molecule has 6 heteroatoms. The van der Waals surface area contributed by atoms with Gasteiger partial charge in [-0.3, -0.25) is 9.80 Å². The predicted molar refractivity (Wildman–Crippen MR) is 74.1 cm³/mol. The second kappa shape index (κ2) is 5.42. The summed E-state index contributed by atoms with van der Waals surface area (Å²) in [5.74, 6) is 0.880. The molecule has 3 fully saturated rings. The number of nitrogens with zero attached hydrogens (tertiary/aromatic N) is 4. The maximum atomic E-state index is 4.18. The van der Waals surface area contributed by atoms with Crippen LogP contribution in [0, 0.1) is 0 Å². The maximum Gasteiger partial charge on any atom is 0.148 e. The minimum Gasteiger partial charge on any atom is -0.367 e. The molecule has 0 radical (unpaired) electrons. The fraction of sp³-hybridized carbons (Fsp3) is 0.667. The van der Waals surface area contributed by atoms with Gasteiger partial charge in [0.15, 0.2) is 0 Å². The summed E-state index contributed by atoms with van der Waals surface area (Å²) in [6.45, 7) is 7.04. The van der Waals surface area contributed by atoms with E-state index in [1.807, 2.05) is 18.4 Å². The molecule has 4 rings (SSSR count). The quantitative estimate of drug-likeness (QED) is 0.805. The van der Waals surface area contributed by atoms with E-state index in [-0.39, 0.29) is 0 Å². The highest BCUT2D eigenvalue weighted by Crippen LogP contribution is 2.16. The van der Waals surface area contributed by atoms with Crippen LogP contribution in [0.15, 0.2) is 17.2 Å². The van der Waals surface area contributed by atoms with Gasteiger partial charge in [0.1, 0.15) is 10.8 Å².